The van der Waals surface area contributed by atoms with E-state index in [1.807, 2.05) is 0 Å². The summed E-state index contributed by atoms with van der Waals surface area (Å²) in [6, 6.07) is 5.22. The topological polar surface area (TPSA) is 56.3 Å². The second-order valence-electron chi connectivity index (χ2n) is 2.86. The summed E-state index contributed by atoms with van der Waals surface area (Å²) >= 11 is 0. The monoisotopic (exact) mass is 205 g/mol. The maximum atomic E-state index is 11.2. The number of hydrogen-bond donors (Lipinski definition) is 0. The number of hydrogen-bond acceptors (Lipinski definition) is 4. The average molecular weight is 205 g/mol. The van der Waals surface area contributed by atoms with Crippen LogP contribution in [0, 0.1) is 0 Å². The summed E-state index contributed by atoms with van der Waals surface area (Å²) in [4.78, 5) is 26.4. The van der Waals surface area contributed by atoms with E-state index in [0.717, 1.165) is 0 Å². The van der Waals surface area contributed by atoms with Crippen LogP contribution in [0.4, 0.5) is 0 Å². The summed E-state index contributed by atoms with van der Waals surface area (Å²) in [5.74, 6) is -0.986. The summed E-state index contributed by atoms with van der Waals surface area (Å²) in [6.45, 7) is 1.31. The Morgan fingerprint density at radius 2 is 2.13 bits per heavy atom. The van der Waals surface area contributed by atoms with Crippen LogP contribution in [0.5, 0.6) is 0 Å². The Bertz CT molecular complexity index is 396. The Morgan fingerprint density at radius 3 is 2.60 bits per heavy atom. The highest BCUT2D eigenvalue weighted by Gasteiger charge is 2.14. The van der Waals surface area contributed by atoms with Crippen LogP contribution in [0.25, 0.3) is 6.08 Å². The van der Waals surface area contributed by atoms with Gasteiger partial charge in [0.25, 0.3) is 0 Å². The van der Waals surface area contributed by atoms with E-state index in [2.05, 4.69) is 9.72 Å². The molecule has 0 unspecified atom stereocenters. The van der Waals surface area contributed by atoms with Crippen molar-refractivity contribution < 1.29 is 14.3 Å². The van der Waals surface area contributed by atoms with Gasteiger partial charge in [-0.1, -0.05) is 6.07 Å². The van der Waals surface area contributed by atoms with Crippen molar-refractivity contribution in [1.82, 2.24) is 4.98 Å². The van der Waals surface area contributed by atoms with E-state index in [4.69, 9.17) is 0 Å². The highest BCUT2D eigenvalue weighted by Crippen LogP contribution is 2.06. The molecule has 0 spiro atoms. The molecule has 0 amide bonds. The van der Waals surface area contributed by atoms with Crippen LogP contribution in [0.1, 0.15) is 12.6 Å². The van der Waals surface area contributed by atoms with Crippen LogP contribution >= 0.6 is 0 Å². The molecule has 0 N–H and O–H groups in total. The van der Waals surface area contributed by atoms with Crippen molar-refractivity contribution in [2.24, 2.45) is 0 Å². The molecule has 0 bridgehead atoms. The minimum atomic E-state index is -0.645. The van der Waals surface area contributed by atoms with Gasteiger partial charge in [-0.3, -0.25) is 9.78 Å². The number of methoxy groups -OCH3 is 1. The van der Waals surface area contributed by atoms with E-state index >= 15 is 0 Å². The fraction of sp³-hybridized carbons (Fsp3) is 0.182. The zero-order chi connectivity index (χ0) is 11.3. The first-order valence-corrected chi connectivity index (χ1v) is 4.37. The van der Waals surface area contributed by atoms with Gasteiger partial charge in [-0.15, -0.1) is 0 Å². The minimum absolute atomic E-state index is 0.00352. The summed E-state index contributed by atoms with van der Waals surface area (Å²) in [5, 5.41) is 0. The number of rotatable bonds is 3. The van der Waals surface area contributed by atoms with E-state index in [-0.39, 0.29) is 11.4 Å². The van der Waals surface area contributed by atoms with E-state index in [9.17, 15) is 9.59 Å². The minimum Gasteiger partial charge on any atom is -0.465 e. The van der Waals surface area contributed by atoms with Crippen molar-refractivity contribution in [2.45, 2.75) is 6.92 Å². The van der Waals surface area contributed by atoms with Gasteiger partial charge in [-0.2, -0.15) is 0 Å². The number of carbonyl (C=O) groups is 2. The van der Waals surface area contributed by atoms with E-state index in [0.29, 0.717) is 5.69 Å². The molecule has 1 aromatic heterocycles. The second-order valence-corrected chi connectivity index (χ2v) is 2.86. The summed E-state index contributed by atoms with van der Waals surface area (Å²) in [6.07, 6.45) is 3.00. The van der Waals surface area contributed by atoms with Gasteiger partial charge in [0.05, 0.1) is 12.8 Å². The summed E-state index contributed by atoms with van der Waals surface area (Å²) < 4.78 is 4.49. The fourth-order valence-electron chi connectivity index (χ4n) is 1.02. The van der Waals surface area contributed by atoms with Crippen molar-refractivity contribution in [3.63, 3.8) is 0 Å². The molecule has 1 heterocycles. The van der Waals surface area contributed by atoms with Gasteiger partial charge in [-0.25, -0.2) is 4.79 Å². The Morgan fingerprint density at radius 1 is 1.40 bits per heavy atom. The molecule has 0 saturated carbocycles. The Labute approximate surface area is 87.6 Å². The van der Waals surface area contributed by atoms with E-state index < -0.39 is 5.97 Å². The Kier molecular flexibility index (Phi) is 3.74. The molecule has 0 atom stereocenters. The molecule has 4 nitrogen and oxygen atoms in total. The molecule has 0 aromatic carbocycles. The van der Waals surface area contributed by atoms with Gasteiger partial charge in [0.1, 0.15) is 5.57 Å². The van der Waals surface area contributed by atoms with Crippen molar-refractivity contribution in [3.05, 3.63) is 35.7 Å². The van der Waals surface area contributed by atoms with Crippen LogP contribution in [-0.4, -0.2) is 23.8 Å². The molecule has 0 aliphatic rings. The molecular formula is C11H11NO3. The number of ketones is 1. The van der Waals surface area contributed by atoms with Crippen LogP contribution in [0.3, 0.4) is 0 Å². The third-order valence-electron chi connectivity index (χ3n) is 1.76. The smallest absolute Gasteiger partial charge is 0.341 e. The highest BCUT2D eigenvalue weighted by molar-refractivity contribution is 6.19. The molecular weight excluding hydrogens is 194 g/mol. The van der Waals surface area contributed by atoms with Gasteiger partial charge in [-0.05, 0) is 25.1 Å². The quantitative estimate of drug-likeness (QED) is 0.322. The molecule has 0 saturated heterocycles. The Hall–Kier alpha value is -1.97. The molecule has 0 aliphatic heterocycles. The molecule has 0 fully saturated rings. The maximum absolute atomic E-state index is 11.2. The first-order valence-electron chi connectivity index (χ1n) is 4.37. The Balaban J connectivity index is 3.05. The van der Waals surface area contributed by atoms with Crippen LogP contribution < -0.4 is 0 Å². The molecule has 15 heavy (non-hydrogen) atoms. The number of ether oxygens (including phenoxy) is 1. The fourth-order valence-corrected chi connectivity index (χ4v) is 1.02. The van der Waals surface area contributed by atoms with Crippen molar-refractivity contribution in [1.29, 1.82) is 0 Å². The van der Waals surface area contributed by atoms with Crippen LogP contribution in [0.2, 0.25) is 0 Å². The first-order chi connectivity index (χ1) is 7.15. The molecule has 4 heteroatoms. The summed E-state index contributed by atoms with van der Waals surface area (Å²) in [5.41, 5.74) is 0.546. The average Bonchev–Trinajstić information content (AvgIpc) is 2.26. The first kappa shape index (κ1) is 11.1. The van der Waals surface area contributed by atoms with Gasteiger partial charge in [0.2, 0.25) is 0 Å². The van der Waals surface area contributed by atoms with Gasteiger partial charge >= 0.3 is 5.97 Å². The van der Waals surface area contributed by atoms with Gasteiger partial charge in [0, 0.05) is 6.20 Å². The highest BCUT2D eigenvalue weighted by atomic mass is 16.5. The lowest BCUT2D eigenvalue weighted by atomic mass is 10.1. The molecule has 1 aromatic rings. The molecule has 0 radical (unpaired) electrons. The second kappa shape index (κ2) is 5.05. The largest absolute Gasteiger partial charge is 0.465 e. The number of nitrogens with zero attached hydrogens (tertiary/aromatic N) is 1. The zero-order valence-electron chi connectivity index (χ0n) is 8.56. The number of carbonyl (C=O) groups excluding carboxylic acids is 2. The molecule has 1 rings (SSSR count). The van der Waals surface area contributed by atoms with E-state index in [1.54, 1.807) is 24.4 Å². The standard InChI is InChI=1S/C11H11NO3/c1-8(13)10(11(14)15-2)7-9-5-3-4-6-12-9/h3-7H,1-2H3/b10-7+. The van der Waals surface area contributed by atoms with Crippen molar-refractivity contribution in [2.75, 3.05) is 7.11 Å². The number of Topliss-reactive ketones (excluding diaryl/α,β-unsaturated/α-hetero) is 1. The van der Waals surface area contributed by atoms with Gasteiger partial charge < -0.3 is 4.74 Å². The lowest BCUT2D eigenvalue weighted by molar-refractivity contribution is -0.137. The van der Waals surface area contributed by atoms with Crippen LogP contribution in [0.15, 0.2) is 30.0 Å². The van der Waals surface area contributed by atoms with Crippen molar-refractivity contribution in [3.8, 4) is 0 Å². The zero-order valence-corrected chi connectivity index (χ0v) is 8.56. The third kappa shape index (κ3) is 3.02. The van der Waals surface area contributed by atoms with Crippen LogP contribution in [-0.2, 0) is 14.3 Å². The number of esters is 1. The molecule has 0 aliphatic carbocycles. The van der Waals surface area contributed by atoms with Crippen molar-refractivity contribution >= 4 is 17.8 Å². The predicted molar refractivity (Wildman–Crippen MR) is 54.9 cm³/mol. The summed E-state index contributed by atoms with van der Waals surface area (Å²) in [7, 11) is 1.23. The normalized spacial score (nSPS) is 10.9. The predicted octanol–water partition coefficient (Wildman–Crippen LogP) is 1.23. The third-order valence-corrected chi connectivity index (χ3v) is 1.76. The molecule has 78 valence electrons. The maximum Gasteiger partial charge on any atom is 0.341 e. The lowest BCUT2D eigenvalue weighted by Gasteiger charge is -2.00. The number of pyridine rings is 1. The lowest BCUT2D eigenvalue weighted by Crippen LogP contribution is -2.11. The number of aromatic nitrogens is 1. The van der Waals surface area contributed by atoms with E-state index in [1.165, 1.54) is 20.1 Å². The SMILES string of the molecule is COC(=O)/C(=C/c1ccccn1)C(C)=O. The van der Waals surface area contributed by atoms with Gasteiger partial charge in [0.15, 0.2) is 5.78 Å².